The van der Waals surface area contributed by atoms with Gasteiger partial charge in [-0.3, -0.25) is 9.59 Å². The Balaban J connectivity index is 1.65. The number of hydrogen-bond donors (Lipinski definition) is 1. The number of aliphatic hydroxyl groups excluding tert-OH is 1. The zero-order valence-corrected chi connectivity index (χ0v) is 18.4. The average Bonchev–Trinajstić information content (AvgIpc) is 3.53. The summed E-state index contributed by atoms with van der Waals surface area (Å²) < 4.78 is 11.5. The number of Topliss-reactive ketones (excluding diaryl/α,β-unsaturated/α-hetero) is 1. The van der Waals surface area contributed by atoms with Crippen molar-refractivity contribution in [1.82, 2.24) is 4.90 Å². The summed E-state index contributed by atoms with van der Waals surface area (Å²) in [5.41, 5.74) is 0.892. The number of hydrogen-bond acceptors (Lipinski definition) is 6. The number of rotatable bonds is 9. The second kappa shape index (κ2) is 9.66. The predicted octanol–water partition coefficient (Wildman–Crippen LogP) is 4.68. The molecule has 0 radical (unpaired) electrons. The lowest BCUT2D eigenvalue weighted by atomic mass is 9.95. The predicted molar refractivity (Wildman–Crippen MR) is 119 cm³/mol. The van der Waals surface area contributed by atoms with Crippen molar-refractivity contribution in [3.63, 3.8) is 0 Å². The fourth-order valence-corrected chi connectivity index (χ4v) is 4.73. The van der Waals surface area contributed by atoms with E-state index in [4.69, 9.17) is 9.47 Å². The van der Waals surface area contributed by atoms with Crippen molar-refractivity contribution in [1.29, 1.82) is 0 Å². The second-order valence-electron chi connectivity index (χ2n) is 7.83. The fourth-order valence-electron chi connectivity index (χ4n) is 4.05. The van der Waals surface area contributed by atoms with Crippen LogP contribution in [0.5, 0.6) is 5.75 Å². The number of carbonyl (C=O) groups excluding carboxylic acids is 2. The Morgan fingerprint density at radius 1 is 1.29 bits per heavy atom. The zero-order chi connectivity index (χ0) is 21.8. The topological polar surface area (TPSA) is 76.1 Å². The molecule has 3 heterocycles. The van der Waals surface area contributed by atoms with Gasteiger partial charge in [0.2, 0.25) is 5.78 Å². The lowest BCUT2D eigenvalue weighted by molar-refractivity contribution is -0.131. The van der Waals surface area contributed by atoms with Crippen molar-refractivity contribution in [2.75, 3.05) is 19.8 Å². The summed E-state index contributed by atoms with van der Waals surface area (Å²) in [6, 6.07) is 10.3. The Labute approximate surface area is 186 Å². The van der Waals surface area contributed by atoms with Crippen molar-refractivity contribution >= 4 is 23.0 Å². The average molecular weight is 442 g/mol. The highest BCUT2D eigenvalue weighted by Crippen LogP contribution is 2.40. The molecule has 1 N–H and O–H groups in total. The van der Waals surface area contributed by atoms with Crippen LogP contribution in [0, 0.1) is 0 Å². The van der Waals surface area contributed by atoms with Crippen LogP contribution in [0.4, 0.5) is 0 Å². The maximum atomic E-state index is 13.2. The molecule has 0 aliphatic carbocycles. The van der Waals surface area contributed by atoms with E-state index in [2.05, 4.69) is 6.92 Å². The molecule has 0 spiro atoms. The summed E-state index contributed by atoms with van der Waals surface area (Å²) >= 11 is 1.30. The summed E-state index contributed by atoms with van der Waals surface area (Å²) in [6.07, 6.45) is 3.74. The molecule has 164 valence electrons. The van der Waals surface area contributed by atoms with Crippen molar-refractivity contribution in [2.24, 2.45) is 0 Å². The molecule has 2 atom stereocenters. The minimum Gasteiger partial charge on any atom is -0.503 e. The van der Waals surface area contributed by atoms with Crippen LogP contribution in [0.3, 0.4) is 0 Å². The molecule has 0 saturated carbocycles. The van der Waals surface area contributed by atoms with Gasteiger partial charge < -0.3 is 19.5 Å². The molecule has 0 bridgehead atoms. The van der Waals surface area contributed by atoms with Gasteiger partial charge in [-0.1, -0.05) is 31.5 Å². The molecule has 7 heteroatoms. The summed E-state index contributed by atoms with van der Waals surface area (Å²) in [5.74, 6) is -0.566. The summed E-state index contributed by atoms with van der Waals surface area (Å²) in [6.45, 7) is 3.76. The maximum Gasteiger partial charge on any atom is 0.290 e. The van der Waals surface area contributed by atoms with E-state index in [1.165, 1.54) is 11.3 Å². The largest absolute Gasteiger partial charge is 0.503 e. The Morgan fingerprint density at radius 2 is 2.10 bits per heavy atom. The van der Waals surface area contributed by atoms with Gasteiger partial charge in [0.05, 0.1) is 29.2 Å². The Kier molecular flexibility index (Phi) is 6.73. The molecular weight excluding hydrogens is 414 g/mol. The molecule has 4 rings (SSSR count). The van der Waals surface area contributed by atoms with E-state index in [9.17, 15) is 14.7 Å². The van der Waals surface area contributed by atoms with E-state index < -0.39 is 17.7 Å². The van der Waals surface area contributed by atoms with Gasteiger partial charge in [0.15, 0.2) is 5.76 Å². The quantitative estimate of drug-likeness (QED) is 0.452. The van der Waals surface area contributed by atoms with E-state index >= 15 is 0 Å². The van der Waals surface area contributed by atoms with Crippen LogP contribution in [0.25, 0.3) is 0 Å². The number of unbranched alkanes of at least 4 members (excludes halogenated alkanes) is 1. The first-order valence-corrected chi connectivity index (χ1v) is 11.6. The van der Waals surface area contributed by atoms with Gasteiger partial charge in [-0.25, -0.2) is 0 Å². The van der Waals surface area contributed by atoms with Crippen LogP contribution in [0.15, 0.2) is 53.1 Å². The maximum absolute atomic E-state index is 13.2. The molecule has 1 amide bonds. The minimum absolute atomic E-state index is 0.0907. The van der Waals surface area contributed by atoms with Crippen LogP contribution in [-0.4, -0.2) is 47.6 Å². The first kappa shape index (κ1) is 21.6. The SMILES string of the molecule is CCCCOc1ccc([C@H]2C(C(=O)c3cccs3)=C(O)C(=O)N2C[C@@H]2CCCO2)cc1. The Morgan fingerprint density at radius 3 is 2.74 bits per heavy atom. The van der Waals surface area contributed by atoms with E-state index in [1.54, 1.807) is 17.0 Å². The third kappa shape index (κ3) is 4.52. The number of carbonyl (C=O) groups is 2. The normalized spacial score (nSPS) is 21.2. The third-order valence-corrected chi connectivity index (χ3v) is 6.55. The monoisotopic (exact) mass is 441 g/mol. The number of amides is 1. The highest BCUT2D eigenvalue weighted by molar-refractivity contribution is 7.12. The number of ether oxygens (including phenoxy) is 2. The molecule has 2 aliphatic rings. The molecule has 0 unspecified atom stereocenters. The first-order valence-electron chi connectivity index (χ1n) is 10.8. The van der Waals surface area contributed by atoms with Crippen molar-refractivity contribution in [3.05, 3.63) is 63.6 Å². The smallest absolute Gasteiger partial charge is 0.290 e. The molecule has 1 aromatic heterocycles. The number of aliphatic hydroxyl groups is 1. The van der Waals surface area contributed by atoms with Crippen molar-refractivity contribution in [3.8, 4) is 5.75 Å². The standard InChI is InChI=1S/C24H27NO5S/c1-2-3-12-29-17-10-8-16(9-11-17)21-20(22(26)19-7-5-14-31-19)23(27)24(28)25(21)15-18-6-4-13-30-18/h5,7-11,14,18,21,27H,2-4,6,12-13,15H2,1H3/t18-,21-/m0/s1. The lowest BCUT2D eigenvalue weighted by Gasteiger charge is -2.29. The Hall–Kier alpha value is -2.64. The van der Waals surface area contributed by atoms with Crippen LogP contribution in [0.1, 0.15) is 53.9 Å². The second-order valence-corrected chi connectivity index (χ2v) is 8.78. The van der Waals surface area contributed by atoms with Gasteiger partial charge in [-0.15, -0.1) is 11.3 Å². The van der Waals surface area contributed by atoms with Crippen LogP contribution >= 0.6 is 11.3 Å². The van der Waals surface area contributed by atoms with Crippen molar-refractivity contribution in [2.45, 2.75) is 44.8 Å². The van der Waals surface area contributed by atoms with Crippen molar-refractivity contribution < 1.29 is 24.2 Å². The molecule has 6 nitrogen and oxygen atoms in total. The summed E-state index contributed by atoms with van der Waals surface area (Å²) in [7, 11) is 0. The van der Waals surface area contributed by atoms with E-state index in [0.29, 0.717) is 24.6 Å². The summed E-state index contributed by atoms with van der Waals surface area (Å²) in [4.78, 5) is 28.3. The Bertz CT molecular complexity index is 945. The number of benzene rings is 1. The number of thiophene rings is 1. The molecule has 1 saturated heterocycles. The minimum atomic E-state index is -0.656. The van der Waals surface area contributed by atoms with Gasteiger partial charge in [-0.05, 0) is 48.4 Å². The molecule has 1 fully saturated rings. The molecule has 2 aliphatic heterocycles. The van der Waals surface area contributed by atoms with E-state index in [-0.39, 0.29) is 17.5 Å². The summed E-state index contributed by atoms with van der Waals surface area (Å²) in [5, 5.41) is 12.5. The van der Waals surface area contributed by atoms with E-state index in [0.717, 1.165) is 37.0 Å². The van der Waals surface area contributed by atoms with Crippen LogP contribution in [0.2, 0.25) is 0 Å². The van der Waals surface area contributed by atoms with Crippen LogP contribution < -0.4 is 4.74 Å². The lowest BCUT2D eigenvalue weighted by Crippen LogP contribution is -2.37. The zero-order valence-electron chi connectivity index (χ0n) is 17.6. The third-order valence-electron chi connectivity index (χ3n) is 5.68. The van der Waals surface area contributed by atoms with E-state index in [1.807, 2.05) is 29.6 Å². The number of ketones is 1. The fraction of sp³-hybridized carbons (Fsp3) is 0.417. The van der Waals surface area contributed by atoms with Gasteiger partial charge in [0.1, 0.15) is 5.75 Å². The van der Waals surface area contributed by atoms with Gasteiger partial charge in [0.25, 0.3) is 5.91 Å². The van der Waals surface area contributed by atoms with Crippen LogP contribution in [-0.2, 0) is 9.53 Å². The van der Waals surface area contributed by atoms with Gasteiger partial charge in [-0.2, -0.15) is 0 Å². The molecule has 1 aromatic carbocycles. The number of nitrogens with zero attached hydrogens (tertiary/aromatic N) is 1. The first-order chi connectivity index (χ1) is 15.1. The molecular formula is C24H27NO5S. The highest BCUT2D eigenvalue weighted by Gasteiger charge is 2.45. The van der Waals surface area contributed by atoms with Gasteiger partial charge in [0, 0.05) is 13.2 Å². The highest BCUT2D eigenvalue weighted by atomic mass is 32.1. The molecule has 31 heavy (non-hydrogen) atoms. The van der Waals surface area contributed by atoms with Gasteiger partial charge >= 0.3 is 0 Å². The molecule has 2 aromatic rings.